The maximum Gasteiger partial charge on any atom is 0.305 e. The molecule has 0 aliphatic heterocycles. The number of carbonyl (C=O) groups is 2. The Bertz CT molecular complexity index is 705. The molecule has 1 aliphatic carbocycles. The summed E-state index contributed by atoms with van der Waals surface area (Å²) in [4.78, 5) is 27.5. The molecule has 0 spiro atoms. The van der Waals surface area contributed by atoms with Crippen LogP contribution in [-0.2, 0) is 4.79 Å². The van der Waals surface area contributed by atoms with Gasteiger partial charge in [0.25, 0.3) is 5.91 Å². The Kier molecular flexibility index (Phi) is 4.10. The van der Waals surface area contributed by atoms with Crippen molar-refractivity contribution in [3.8, 4) is 11.3 Å². The van der Waals surface area contributed by atoms with Crippen LogP contribution in [0.5, 0.6) is 0 Å². The molecule has 1 fully saturated rings. The van der Waals surface area contributed by atoms with Crippen LogP contribution in [0.4, 0.5) is 0 Å². The van der Waals surface area contributed by atoms with E-state index in [4.69, 9.17) is 9.63 Å². The van der Waals surface area contributed by atoms with Crippen molar-refractivity contribution in [3.05, 3.63) is 36.3 Å². The average Bonchev–Trinajstić information content (AvgIpc) is 3.17. The van der Waals surface area contributed by atoms with Gasteiger partial charge >= 0.3 is 5.97 Å². The lowest BCUT2D eigenvalue weighted by molar-refractivity contribution is -0.138. The number of hydrogen-bond donors (Lipinski definition) is 2. The van der Waals surface area contributed by atoms with E-state index < -0.39 is 17.4 Å². The number of aromatic nitrogens is 2. The van der Waals surface area contributed by atoms with Crippen molar-refractivity contribution in [1.29, 1.82) is 0 Å². The van der Waals surface area contributed by atoms with E-state index in [-0.39, 0.29) is 12.1 Å². The van der Waals surface area contributed by atoms with E-state index in [2.05, 4.69) is 15.5 Å². The molecule has 1 saturated carbocycles. The summed E-state index contributed by atoms with van der Waals surface area (Å²) in [6.07, 6.45) is 6.33. The Morgan fingerprint density at radius 1 is 1.35 bits per heavy atom. The second kappa shape index (κ2) is 6.20. The van der Waals surface area contributed by atoms with Crippen LogP contribution in [0.3, 0.4) is 0 Å². The molecule has 0 atom stereocenters. The first kappa shape index (κ1) is 15.2. The molecule has 23 heavy (non-hydrogen) atoms. The zero-order valence-electron chi connectivity index (χ0n) is 12.5. The topological polar surface area (TPSA) is 105 Å². The van der Waals surface area contributed by atoms with Gasteiger partial charge < -0.3 is 14.9 Å². The largest absolute Gasteiger partial charge is 0.481 e. The standard InChI is InChI=1S/C16H17N3O4/c20-14(21)9-16(5-1-2-6-16)18-15(22)12-8-13(23-19-12)11-4-3-7-17-10-11/h3-4,7-8,10H,1-2,5-6,9H2,(H,18,22)(H,20,21). The number of carbonyl (C=O) groups excluding carboxylic acids is 1. The normalized spacial score (nSPS) is 16.2. The first-order valence-corrected chi connectivity index (χ1v) is 7.49. The highest BCUT2D eigenvalue weighted by Crippen LogP contribution is 2.33. The molecule has 1 amide bonds. The molecule has 0 saturated heterocycles. The van der Waals surface area contributed by atoms with Crippen LogP contribution in [0.1, 0.15) is 42.6 Å². The number of pyridine rings is 1. The Balaban J connectivity index is 1.76. The van der Waals surface area contributed by atoms with Gasteiger partial charge in [0.15, 0.2) is 11.5 Å². The minimum atomic E-state index is -0.914. The fourth-order valence-corrected chi connectivity index (χ4v) is 3.02. The number of rotatable bonds is 5. The van der Waals surface area contributed by atoms with Crippen LogP contribution in [0.15, 0.2) is 35.1 Å². The highest BCUT2D eigenvalue weighted by molar-refractivity contribution is 5.94. The van der Waals surface area contributed by atoms with Gasteiger partial charge in [-0.15, -0.1) is 0 Å². The van der Waals surface area contributed by atoms with E-state index in [9.17, 15) is 9.59 Å². The molecule has 3 rings (SSSR count). The SMILES string of the molecule is O=C(O)CC1(NC(=O)c2cc(-c3cccnc3)on2)CCCC1. The Morgan fingerprint density at radius 2 is 2.13 bits per heavy atom. The first-order chi connectivity index (χ1) is 11.1. The highest BCUT2D eigenvalue weighted by Gasteiger charge is 2.38. The lowest BCUT2D eigenvalue weighted by Gasteiger charge is -2.28. The van der Waals surface area contributed by atoms with E-state index in [0.717, 1.165) is 18.4 Å². The third-order valence-electron chi connectivity index (χ3n) is 4.12. The van der Waals surface area contributed by atoms with Crippen LogP contribution in [0.2, 0.25) is 0 Å². The van der Waals surface area contributed by atoms with Crippen molar-refractivity contribution in [2.24, 2.45) is 0 Å². The van der Waals surface area contributed by atoms with Gasteiger partial charge in [0, 0.05) is 24.0 Å². The van der Waals surface area contributed by atoms with Gasteiger partial charge in [0.05, 0.1) is 12.0 Å². The van der Waals surface area contributed by atoms with Gasteiger partial charge in [-0.25, -0.2) is 0 Å². The molecular weight excluding hydrogens is 298 g/mol. The van der Waals surface area contributed by atoms with Crippen molar-refractivity contribution in [1.82, 2.24) is 15.5 Å². The molecule has 0 unspecified atom stereocenters. The zero-order chi connectivity index (χ0) is 16.3. The number of carboxylic acids is 1. The van der Waals surface area contributed by atoms with Gasteiger partial charge in [-0.2, -0.15) is 0 Å². The summed E-state index contributed by atoms with van der Waals surface area (Å²) in [7, 11) is 0. The lowest BCUT2D eigenvalue weighted by Crippen LogP contribution is -2.47. The molecule has 1 aliphatic rings. The van der Waals surface area contributed by atoms with E-state index >= 15 is 0 Å². The second-order valence-corrected chi connectivity index (χ2v) is 5.83. The molecule has 0 aromatic carbocycles. The summed E-state index contributed by atoms with van der Waals surface area (Å²) < 4.78 is 5.18. The smallest absolute Gasteiger partial charge is 0.305 e. The van der Waals surface area contributed by atoms with Crippen molar-refractivity contribution in [2.45, 2.75) is 37.6 Å². The van der Waals surface area contributed by atoms with Gasteiger partial charge in [0.1, 0.15) is 0 Å². The summed E-state index contributed by atoms with van der Waals surface area (Å²) >= 11 is 0. The van der Waals surface area contributed by atoms with Crippen molar-refractivity contribution in [3.63, 3.8) is 0 Å². The summed E-state index contributed by atoms with van der Waals surface area (Å²) in [6.45, 7) is 0. The van der Waals surface area contributed by atoms with Crippen LogP contribution >= 0.6 is 0 Å². The molecule has 0 radical (unpaired) electrons. The predicted octanol–water partition coefficient (Wildman–Crippen LogP) is 2.25. The van der Waals surface area contributed by atoms with E-state index in [1.807, 2.05) is 0 Å². The lowest BCUT2D eigenvalue weighted by atomic mass is 9.93. The molecule has 2 aromatic rings. The minimum absolute atomic E-state index is 0.0773. The first-order valence-electron chi connectivity index (χ1n) is 7.49. The number of amides is 1. The Labute approximate surface area is 132 Å². The second-order valence-electron chi connectivity index (χ2n) is 5.83. The summed E-state index contributed by atoms with van der Waals surface area (Å²) in [5.74, 6) is -0.877. The zero-order valence-corrected chi connectivity index (χ0v) is 12.5. The fraction of sp³-hybridized carbons (Fsp3) is 0.375. The minimum Gasteiger partial charge on any atom is -0.481 e. The number of nitrogens with one attached hydrogen (secondary N) is 1. The predicted molar refractivity (Wildman–Crippen MR) is 80.7 cm³/mol. The van der Waals surface area contributed by atoms with Crippen LogP contribution < -0.4 is 5.32 Å². The Morgan fingerprint density at radius 3 is 2.78 bits per heavy atom. The average molecular weight is 315 g/mol. The molecule has 0 bridgehead atoms. The van der Waals surface area contributed by atoms with Gasteiger partial charge in [-0.3, -0.25) is 14.6 Å². The number of nitrogens with zero attached hydrogens (tertiary/aromatic N) is 2. The summed E-state index contributed by atoms with van der Waals surface area (Å²) in [5.41, 5.74) is 0.178. The van der Waals surface area contributed by atoms with Crippen molar-refractivity contribution < 1.29 is 19.2 Å². The fourth-order valence-electron chi connectivity index (χ4n) is 3.02. The van der Waals surface area contributed by atoms with Crippen LogP contribution in [-0.4, -0.2) is 32.7 Å². The molecule has 2 N–H and O–H groups in total. The molecule has 120 valence electrons. The molecular formula is C16H17N3O4. The third kappa shape index (κ3) is 3.39. The van der Waals surface area contributed by atoms with E-state index in [1.54, 1.807) is 24.5 Å². The van der Waals surface area contributed by atoms with E-state index in [1.165, 1.54) is 6.07 Å². The van der Waals surface area contributed by atoms with Crippen LogP contribution in [0, 0.1) is 0 Å². The van der Waals surface area contributed by atoms with Crippen LogP contribution in [0.25, 0.3) is 11.3 Å². The molecule has 7 nitrogen and oxygen atoms in total. The van der Waals surface area contributed by atoms with E-state index in [0.29, 0.717) is 18.6 Å². The molecule has 7 heteroatoms. The maximum absolute atomic E-state index is 12.4. The number of carboxylic acid groups (broad SMARTS) is 1. The van der Waals surface area contributed by atoms with Gasteiger partial charge in [0.2, 0.25) is 0 Å². The highest BCUT2D eigenvalue weighted by atomic mass is 16.5. The quantitative estimate of drug-likeness (QED) is 0.876. The number of hydrogen-bond acceptors (Lipinski definition) is 5. The maximum atomic E-state index is 12.4. The monoisotopic (exact) mass is 315 g/mol. The van der Waals surface area contributed by atoms with Crippen molar-refractivity contribution >= 4 is 11.9 Å². The summed E-state index contributed by atoms with van der Waals surface area (Å²) in [5, 5.41) is 15.7. The van der Waals surface area contributed by atoms with Gasteiger partial charge in [-0.1, -0.05) is 18.0 Å². The third-order valence-corrected chi connectivity index (χ3v) is 4.12. The molecule has 2 heterocycles. The number of aliphatic carboxylic acids is 1. The Hall–Kier alpha value is -2.70. The summed E-state index contributed by atoms with van der Waals surface area (Å²) in [6, 6.07) is 5.10. The molecule has 2 aromatic heterocycles. The van der Waals surface area contributed by atoms with Gasteiger partial charge in [-0.05, 0) is 25.0 Å². The van der Waals surface area contributed by atoms with Crippen molar-refractivity contribution in [2.75, 3.05) is 0 Å².